The fraction of sp³-hybridized carbons (Fsp3) is 0.500. The molecule has 0 heterocycles. The number of carbonyl (C=O) groups excluding carboxylic acids is 1. The molecule has 1 saturated carbocycles. The minimum Gasteiger partial charge on any atom is -0.393 e. The van der Waals surface area contributed by atoms with Crippen LogP contribution in [0, 0.1) is 0 Å². The first-order chi connectivity index (χ1) is 9.17. The predicted octanol–water partition coefficient (Wildman–Crippen LogP) is 2.58. The Labute approximate surface area is 112 Å². The first-order valence-electron chi connectivity index (χ1n) is 6.58. The summed E-state index contributed by atoms with van der Waals surface area (Å²) in [6.45, 7) is -0.544. The van der Waals surface area contributed by atoms with Gasteiger partial charge in [0.05, 0.1) is 6.10 Å². The summed E-state index contributed by atoms with van der Waals surface area (Å²) in [5.41, 5.74) is 1.13. The number of benzene rings is 1. The van der Waals surface area contributed by atoms with Gasteiger partial charge in [-0.3, -0.25) is 0 Å². The molecule has 0 unspecified atom stereocenters. The molecule has 0 atom stereocenters. The maximum absolute atomic E-state index is 12.5. The predicted molar refractivity (Wildman–Crippen MR) is 71.7 cm³/mol. The lowest BCUT2D eigenvalue weighted by molar-refractivity contribution is 0.118. The third kappa shape index (κ3) is 4.21. The number of rotatable bonds is 3. The molecule has 0 saturated heterocycles. The summed E-state index contributed by atoms with van der Waals surface area (Å²) in [6.07, 6.45) is 2.80. The van der Waals surface area contributed by atoms with Gasteiger partial charge in [-0.1, -0.05) is 12.1 Å². The lowest BCUT2D eigenvalue weighted by Gasteiger charge is -2.26. The van der Waals surface area contributed by atoms with Gasteiger partial charge < -0.3 is 15.7 Å². The fourth-order valence-corrected chi connectivity index (χ4v) is 2.30. The summed E-state index contributed by atoms with van der Waals surface area (Å²) in [5, 5.41) is 15.0. The van der Waals surface area contributed by atoms with Gasteiger partial charge in [0, 0.05) is 11.7 Å². The molecule has 19 heavy (non-hydrogen) atoms. The number of anilines is 1. The summed E-state index contributed by atoms with van der Waals surface area (Å²) in [6, 6.07) is 6.55. The number of hydrogen-bond donors (Lipinski definition) is 3. The van der Waals surface area contributed by atoms with Gasteiger partial charge in [0.2, 0.25) is 0 Å². The van der Waals surface area contributed by atoms with Crippen molar-refractivity contribution in [3.05, 3.63) is 29.8 Å². The van der Waals surface area contributed by atoms with Crippen LogP contribution in [-0.2, 0) is 6.67 Å². The standard InChI is InChI=1S/C14H19FN2O2/c15-9-10-2-1-3-12(8-10)17-14(19)16-11-4-6-13(18)7-5-11/h1-3,8,11,13,18H,4-7,9H2,(H2,16,17,19). The van der Waals surface area contributed by atoms with Gasteiger partial charge >= 0.3 is 6.03 Å². The zero-order chi connectivity index (χ0) is 13.7. The van der Waals surface area contributed by atoms with E-state index in [1.807, 2.05) is 0 Å². The van der Waals surface area contributed by atoms with E-state index in [0.717, 1.165) is 25.7 Å². The van der Waals surface area contributed by atoms with Crippen LogP contribution < -0.4 is 10.6 Å². The van der Waals surface area contributed by atoms with Gasteiger partial charge in [-0.15, -0.1) is 0 Å². The highest BCUT2D eigenvalue weighted by molar-refractivity contribution is 5.89. The van der Waals surface area contributed by atoms with E-state index in [-0.39, 0.29) is 18.2 Å². The Kier molecular flexibility index (Phi) is 4.74. The molecule has 104 valence electrons. The van der Waals surface area contributed by atoms with Crippen molar-refractivity contribution >= 4 is 11.7 Å². The van der Waals surface area contributed by atoms with Crippen LogP contribution in [-0.4, -0.2) is 23.3 Å². The number of urea groups is 1. The number of halogens is 1. The lowest BCUT2D eigenvalue weighted by atomic mass is 9.93. The second kappa shape index (κ2) is 6.52. The van der Waals surface area contributed by atoms with E-state index in [0.29, 0.717) is 11.3 Å². The number of amides is 2. The van der Waals surface area contributed by atoms with Crippen molar-refractivity contribution in [2.24, 2.45) is 0 Å². The number of nitrogens with one attached hydrogen (secondary N) is 2. The van der Waals surface area contributed by atoms with E-state index in [1.54, 1.807) is 24.3 Å². The molecule has 0 spiro atoms. The van der Waals surface area contributed by atoms with Crippen molar-refractivity contribution in [2.75, 3.05) is 5.32 Å². The maximum atomic E-state index is 12.5. The Morgan fingerprint density at radius 1 is 1.32 bits per heavy atom. The van der Waals surface area contributed by atoms with Crippen molar-refractivity contribution in [2.45, 2.75) is 44.5 Å². The molecule has 1 aromatic rings. The van der Waals surface area contributed by atoms with Crippen LogP contribution in [0.3, 0.4) is 0 Å². The Morgan fingerprint density at radius 2 is 2.05 bits per heavy atom. The van der Waals surface area contributed by atoms with E-state index in [1.165, 1.54) is 0 Å². The minimum atomic E-state index is -0.544. The van der Waals surface area contributed by atoms with Gasteiger partial charge in [0.15, 0.2) is 0 Å². The van der Waals surface area contributed by atoms with Crippen LogP contribution in [0.4, 0.5) is 14.9 Å². The van der Waals surface area contributed by atoms with Crippen LogP contribution in [0.5, 0.6) is 0 Å². The summed E-state index contributed by atoms with van der Waals surface area (Å²) >= 11 is 0. The van der Waals surface area contributed by atoms with Crippen molar-refractivity contribution < 1.29 is 14.3 Å². The average Bonchev–Trinajstić information content (AvgIpc) is 2.41. The molecule has 0 radical (unpaired) electrons. The number of alkyl halides is 1. The van der Waals surface area contributed by atoms with Crippen molar-refractivity contribution in [3.63, 3.8) is 0 Å². The molecule has 0 aromatic heterocycles. The lowest BCUT2D eigenvalue weighted by Crippen LogP contribution is -2.40. The zero-order valence-corrected chi connectivity index (χ0v) is 10.7. The maximum Gasteiger partial charge on any atom is 0.319 e. The monoisotopic (exact) mass is 266 g/mol. The molecule has 1 aromatic carbocycles. The summed E-state index contributed by atoms with van der Waals surface area (Å²) in [7, 11) is 0. The minimum absolute atomic E-state index is 0.104. The van der Waals surface area contributed by atoms with Gasteiger partial charge in [-0.05, 0) is 43.4 Å². The third-order valence-electron chi connectivity index (χ3n) is 3.37. The molecule has 0 bridgehead atoms. The highest BCUT2D eigenvalue weighted by atomic mass is 19.1. The fourth-order valence-electron chi connectivity index (χ4n) is 2.30. The van der Waals surface area contributed by atoms with Crippen LogP contribution in [0.1, 0.15) is 31.2 Å². The third-order valence-corrected chi connectivity index (χ3v) is 3.37. The molecular formula is C14H19FN2O2. The van der Waals surface area contributed by atoms with Crippen molar-refractivity contribution in [1.29, 1.82) is 0 Å². The Morgan fingerprint density at radius 3 is 2.74 bits per heavy atom. The van der Waals surface area contributed by atoms with Crippen LogP contribution in [0.2, 0.25) is 0 Å². The largest absolute Gasteiger partial charge is 0.393 e. The smallest absolute Gasteiger partial charge is 0.319 e. The molecule has 1 fully saturated rings. The SMILES string of the molecule is O=C(Nc1cccc(CF)c1)NC1CCC(O)CC1. The van der Waals surface area contributed by atoms with Gasteiger partial charge in [-0.25, -0.2) is 9.18 Å². The summed E-state index contributed by atoms with van der Waals surface area (Å²) < 4.78 is 12.5. The Hall–Kier alpha value is -1.62. The first kappa shape index (κ1) is 13.8. The quantitative estimate of drug-likeness (QED) is 0.787. The topological polar surface area (TPSA) is 61.4 Å². The Bertz CT molecular complexity index is 431. The number of carbonyl (C=O) groups is 1. The molecular weight excluding hydrogens is 247 g/mol. The zero-order valence-electron chi connectivity index (χ0n) is 10.7. The normalized spacial score (nSPS) is 22.8. The molecule has 1 aliphatic carbocycles. The van der Waals surface area contributed by atoms with E-state index in [2.05, 4.69) is 10.6 Å². The van der Waals surface area contributed by atoms with Crippen molar-refractivity contribution in [1.82, 2.24) is 5.32 Å². The highest BCUT2D eigenvalue weighted by Gasteiger charge is 2.20. The number of hydrogen-bond acceptors (Lipinski definition) is 2. The molecule has 2 amide bonds. The number of aliphatic hydroxyl groups excluding tert-OH is 1. The molecule has 5 heteroatoms. The van der Waals surface area contributed by atoms with Crippen molar-refractivity contribution in [3.8, 4) is 0 Å². The second-order valence-electron chi connectivity index (χ2n) is 4.94. The summed E-state index contributed by atoms with van der Waals surface area (Å²) in [4.78, 5) is 11.8. The van der Waals surface area contributed by atoms with Gasteiger partial charge in [-0.2, -0.15) is 0 Å². The van der Waals surface area contributed by atoms with E-state index in [9.17, 15) is 14.3 Å². The molecule has 2 rings (SSSR count). The van der Waals surface area contributed by atoms with E-state index in [4.69, 9.17) is 0 Å². The van der Waals surface area contributed by atoms with Crippen LogP contribution in [0.15, 0.2) is 24.3 Å². The molecule has 0 aliphatic heterocycles. The molecule has 1 aliphatic rings. The van der Waals surface area contributed by atoms with Crippen LogP contribution >= 0.6 is 0 Å². The highest BCUT2D eigenvalue weighted by Crippen LogP contribution is 2.18. The first-order valence-corrected chi connectivity index (χ1v) is 6.58. The van der Waals surface area contributed by atoms with E-state index < -0.39 is 6.67 Å². The summed E-state index contributed by atoms with van der Waals surface area (Å²) in [5.74, 6) is 0. The van der Waals surface area contributed by atoms with Gasteiger partial charge in [0.1, 0.15) is 6.67 Å². The number of aliphatic hydroxyl groups is 1. The van der Waals surface area contributed by atoms with Gasteiger partial charge in [0.25, 0.3) is 0 Å². The molecule has 4 nitrogen and oxygen atoms in total. The Balaban J connectivity index is 1.83. The average molecular weight is 266 g/mol. The van der Waals surface area contributed by atoms with Crippen LogP contribution in [0.25, 0.3) is 0 Å². The van der Waals surface area contributed by atoms with E-state index >= 15 is 0 Å². The molecule has 3 N–H and O–H groups in total. The second-order valence-corrected chi connectivity index (χ2v) is 4.94.